The molecule has 0 aliphatic rings. The molecule has 0 saturated carbocycles. The lowest BCUT2D eigenvalue weighted by Crippen LogP contribution is -1.92. The topological polar surface area (TPSA) is 77.0 Å². The highest BCUT2D eigenvalue weighted by Crippen LogP contribution is 2.26. The molecular formula is C9H9BrN4O. The number of hydrogen-bond acceptors (Lipinski definition) is 5. The van der Waals surface area contributed by atoms with Crippen molar-refractivity contribution in [2.24, 2.45) is 0 Å². The minimum atomic E-state index is 0.0428. The molecule has 0 radical (unpaired) electrons. The number of halogens is 1. The van der Waals surface area contributed by atoms with Crippen molar-refractivity contribution in [2.75, 3.05) is 11.1 Å². The highest BCUT2D eigenvalue weighted by molar-refractivity contribution is 9.10. The van der Waals surface area contributed by atoms with Crippen molar-refractivity contribution in [3.63, 3.8) is 0 Å². The van der Waals surface area contributed by atoms with Gasteiger partial charge < -0.3 is 15.5 Å². The zero-order valence-electron chi connectivity index (χ0n) is 7.99. The van der Waals surface area contributed by atoms with Crippen molar-refractivity contribution in [1.29, 1.82) is 0 Å². The first-order valence-electron chi connectivity index (χ1n) is 4.27. The van der Waals surface area contributed by atoms with Gasteiger partial charge in [0.1, 0.15) is 0 Å². The van der Waals surface area contributed by atoms with Crippen molar-refractivity contribution in [3.05, 3.63) is 28.2 Å². The summed E-state index contributed by atoms with van der Waals surface area (Å²) in [6.45, 7) is 2.00. The normalized spacial score (nSPS) is 10.3. The average molecular weight is 269 g/mol. The maximum absolute atomic E-state index is 5.31. The summed E-state index contributed by atoms with van der Waals surface area (Å²) < 4.78 is 5.93. The molecule has 78 valence electrons. The summed E-state index contributed by atoms with van der Waals surface area (Å²) in [7, 11) is 0. The second-order valence-corrected chi connectivity index (χ2v) is 3.91. The number of nitrogens with zero attached hydrogens (tertiary/aromatic N) is 2. The van der Waals surface area contributed by atoms with Crippen molar-refractivity contribution in [1.82, 2.24) is 10.2 Å². The van der Waals surface area contributed by atoms with Crippen molar-refractivity contribution in [3.8, 4) is 0 Å². The number of nitrogens with two attached hydrogens (primary N) is 1. The Bertz CT molecular complexity index is 483. The molecule has 3 N–H and O–H groups in total. The minimum Gasteiger partial charge on any atom is -0.389 e. The zero-order valence-corrected chi connectivity index (χ0v) is 9.58. The van der Waals surface area contributed by atoms with Gasteiger partial charge in [-0.3, -0.25) is 0 Å². The van der Waals surface area contributed by atoms with Crippen LogP contribution in [0.3, 0.4) is 0 Å². The quantitative estimate of drug-likeness (QED) is 0.875. The Morgan fingerprint density at radius 2 is 2.20 bits per heavy atom. The standard InChI is InChI=1S/C9H9BrN4O/c1-5-2-3-6(10)7(4-5)12-9-14-13-8(11)15-9/h2-4H,1H3,(H2,11,13)(H,12,14). The third kappa shape index (κ3) is 2.27. The average Bonchev–Trinajstić information content (AvgIpc) is 2.58. The second kappa shape index (κ2) is 3.90. The van der Waals surface area contributed by atoms with Gasteiger partial charge in [0.25, 0.3) is 0 Å². The lowest BCUT2D eigenvalue weighted by atomic mass is 10.2. The Kier molecular flexibility index (Phi) is 2.59. The minimum absolute atomic E-state index is 0.0428. The fourth-order valence-corrected chi connectivity index (χ4v) is 1.48. The van der Waals surface area contributed by atoms with Gasteiger partial charge in [0.05, 0.1) is 5.69 Å². The predicted molar refractivity (Wildman–Crippen MR) is 60.9 cm³/mol. The molecular weight excluding hydrogens is 260 g/mol. The van der Waals surface area contributed by atoms with Crippen LogP contribution >= 0.6 is 15.9 Å². The van der Waals surface area contributed by atoms with E-state index < -0.39 is 0 Å². The van der Waals surface area contributed by atoms with Gasteiger partial charge in [-0.05, 0) is 40.5 Å². The van der Waals surface area contributed by atoms with Gasteiger partial charge in [0.15, 0.2) is 0 Å². The van der Waals surface area contributed by atoms with Crippen LogP contribution < -0.4 is 11.1 Å². The molecule has 0 spiro atoms. The molecule has 0 saturated heterocycles. The summed E-state index contributed by atoms with van der Waals surface area (Å²) in [6.07, 6.45) is 0. The smallest absolute Gasteiger partial charge is 0.321 e. The molecule has 5 nitrogen and oxygen atoms in total. The molecule has 0 atom stereocenters. The van der Waals surface area contributed by atoms with Crippen LogP contribution in [0.25, 0.3) is 0 Å². The largest absolute Gasteiger partial charge is 0.389 e. The molecule has 0 fully saturated rings. The van der Waals surface area contributed by atoms with Gasteiger partial charge >= 0.3 is 12.0 Å². The van der Waals surface area contributed by atoms with E-state index in [9.17, 15) is 0 Å². The Morgan fingerprint density at radius 1 is 1.40 bits per heavy atom. The first-order chi connectivity index (χ1) is 7.15. The third-order valence-electron chi connectivity index (χ3n) is 1.80. The van der Waals surface area contributed by atoms with Crippen molar-refractivity contribution in [2.45, 2.75) is 6.92 Å². The summed E-state index contributed by atoms with van der Waals surface area (Å²) in [4.78, 5) is 0. The van der Waals surface area contributed by atoms with E-state index in [-0.39, 0.29) is 12.0 Å². The highest BCUT2D eigenvalue weighted by Gasteiger charge is 2.05. The van der Waals surface area contributed by atoms with Crippen LogP contribution in [0.15, 0.2) is 27.1 Å². The second-order valence-electron chi connectivity index (χ2n) is 3.05. The Balaban J connectivity index is 2.27. The molecule has 0 amide bonds. The fraction of sp³-hybridized carbons (Fsp3) is 0.111. The summed E-state index contributed by atoms with van der Waals surface area (Å²) in [5.74, 6) is 0. The number of benzene rings is 1. The van der Waals surface area contributed by atoms with Crippen LogP contribution in [-0.4, -0.2) is 10.2 Å². The van der Waals surface area contributed by atoms with Gasteiger partial charge in [-0.25, -0.2) is 0 Å². The molecule has 1 heterocycles. The van der Waals surface area contributed by atoms with Crippen LogP contribution in [-0.2, 0) is 0 Å². The lowest BCUT2D eigenvalue weighted by Gasteiger charge is -2.04. The van der Waals surface area contributed by atoms with E-state index >= 15 is 0 Å². The molecule has 0 aliphatic heterocycles. The number of nitrogen functional groups attached to an aromatic ring is 1. The van der Waals surface area contributed by atoms with Crippen molar-refractivity contribution >= 4 is 33.6 Å². The first-order valence-corrected chi connectivity index (χ1v) is 5.06. The maximum atomic E-state index is 5.31. The summed E-state index contributed by atoms with van der Waals surface area (Å²) >= 11 is 3.41. The van der Waals surface area contributed by atoms with E-state index in [0.717, 1.165) is 15.7 Å². The fourth-order valence-electron chi connectivity index (χ4n) is 1.14. The van der Waals surface area contributed by atoms with Gasteiger partial charge in [-0.2, -0.15) is 0 Å². The van der Waals surface area contributed by atoms with E-state index in [1.807, 2.05) is 25.1 Å². The third-order valence-corrected chi connectivity index (χ3v) is 2.50. The van der Waals surface area contributed by atoms with E-state index in [2.05, 4.69) is 31.4 Å². The summed E-state index contributed by atoms with van der Waals surface area (Å²) in [6, 6.07) is 6.22. The molecule has 2 aromatic rings. The molecule has 6 heteroatoms. The highest BCUT2D eigenvalue weighted by atomic mass is 79.9. The van der Waals surface area contributed by atoms with Crippen molar-refractivity contribution < 1.29 is 4.42 Å². The Labute approximate surface area is 94.8 Å². The van der Waals surface area contributed by atoms with Gasteiger partial charge in [0.2, 0.25) is 0 Å². The maximum Gasteiger partial charge on any atom is 0.321 e. The van der Waals surface area contributed by atoms with E-state index in [1.165, 1.54) is 0 Å². The number of aromatic nitrogens is 2. The zero-order chi connectivity index (χ0) is 10.8. The number of nitrogens with one attached hydrogen (secondary N) is 1. The Morgan fingerprint density at radius 3 is 2.87 bits per heavy atom. The number of hydrogen-bond donors (Lipinski definition) is 2. The molecule has 2 rings (SSSR count). The molecule has 0 aliphatic carbocycles. The molecule has 1 aromatic carbocycles. The van der Waals surface area contributed by atoms with Gasteiger partial charge in [0, 0.05) is 4.47 Å². The predicted octanol–water partition coefficient (Wildman–Crippen LogP) is 2.47. The lowest BCUT2D eigenvalue weighted by molar-refractivity contribution is 0.593. The van der Waals surface area contributed by atoms with Crippen LogP contribution in [0.1, 0.15) is 5.56 Å². The van der Waals surface area contributed by atoms with Gasteiger partial charge in [-0.1, -0.05) is 16.3 Å². The Hall–Kier alpha value is -1.56. The molecule has 1 aromatic heterocycles. The SMILES string of the molecule is Cc1ccc(Br)c(Nc2nnc(N)o2)c1. The van der Waals surface area contributed by atoms with Crippen LogP contribution in [0.5, 0.6) is 0 Å². The van der Waals surface area contributed by atoms with E-state index in [1.54, 1.807) is 0 Å². The number of anilines is 3. The van der Waals surface area contributed by atoms with E-state index in [0.29, 0.717) is 0 Å². The first kappa shape index (κ1) is 9.97. The van der Waals surface area contributed by atoms with Crippen LogP contribution in [0, 0.1) is 6.92 Å². The summed E-state index contributed by atoms with van der Waals surface area (Å²) in [5, 5.41) is 10.2. The van der Waals surface area contributed by atoms with Crippen LogP contribution in [0.2, 0.25) is 0 Å². The molecule has 0 bridgehead atoms. The number of aryl methyl sites for hydroxylation is 1. The van der Waals surface area contributed by atoms with E-state index in [4.69, 9.17) is 10.2 Å². The number of rotatable bonds is 2. The monoisotopic (exact) mass is 268 g/mol. The van der Waals surface area contributed by atoms with Gasteiger partial charge in [-0.15, -0.1) is 0 Å². The molecule has 15 heavy (non-hydrogen) atoms. The summed E-state index contributed by atoms with van der Waals surface area (Å²) in [5.41, 5.74) is 7.30. The van der Waals surface area contributed by atoms with Crippen LogP contribution in [0.4, 0.5) is 17.7 Å². The molecule has 0 unspecified atom stereocenters.